The number of Topliss-reactive ketones (excluding diaryl/α,β-unsaturated/α-hetero) is 1. The summed E-state index contributed by atoms with van der Waals surface area (Å²) in [4.78, 5) is 116. The number of hydrogen-bond donors (Lipinski definition) is 9. The third-order valence-electron chi connectivity index (χ3n) is 12.0. The van der Waals surface area contributed by atoms with E-state index in [4.69, 9.17) is 51.6 Å². The maximum atomic E-state index is 13.8. The van der Waals surface area contributed by atoms with E-state index in [-0.39, 0.29) is 85.4 Å². The number of nitro benzene ring substituents is 1. The summed E-state index contributed by atoms with van der Waals surface area (Å²) in [7, 11) is -15.9. The second-order valence-electron chi connectivity index (χ2n) is 17.7. The Morgan fingerprint density at radius 3 is 2.33 bits per heavy atom. The lowest BCUT2D eigenvalue weighted by atomic mass is 9.88. The van der Waals surface area contributed by atoms with Crippen LogP contribution in [0.5, 0.6) is 11.5 Å². The molecule has 2 aliphatic heterocycles. The lowest BCUT2D eigenvalue weighted by Gasteiger charge is -2.22. The van der Waals surface area contributed by atoms with Crippen molar-refractivity contribution < 1.29 is 100.0 Å². The SMILES string of the molecule is COc1cc2c(-c3cc(C(=O)CCC#Cc4ccc([C@@H](OCc5cn([C@H]6CC(O)[C@@H](COP(=O)(O)OP(=O)(O)OP(=O)(O)O)O6)c(=O)[nH]c5=O)C(C)C)c([N+](=O)[O-])c4)ccc3C(=O)O)c3cc(CO)c(O)c(Cl)c3oc-2c(Cl)c1=O. The fourth-order valence-corrected chi connectivity index (χ4v) is 12.0. The van der Waals surface area contributed by atoms with Gasteiger partial charge in [0.15, 0.2) is 22.9 Å². The molecule has 7 rings (SSSR count). The quantitative estimate of drug-likeness (QED) is 0.00932. The summed E-state index contributed by atoms with van der Waals surface area (Å²) in [6, 6.07) is 10.3. The largest absolute Gasteiger partial charge is 0.506 e. The molecule has 0 spiro atoms. The number of aliphatic hydroxyl groups is 2. The molecule has 3 aromatic carbocycles. The molecule has 33 heteroatoms. The van der Waals surface area contributed by atoms with E-state index < -0.39 is 135 Å². The third-order valence-corrected chi connectivity index (χ3v) is 16.5. The number of carboxylic acid groups (broad SMARTS) is 1. The number of halogens is 2. The first kappa shape index (κ1) is 61.2. The van der Waals surface area contributed by atoms with Crippen molar-refractivity contribution in [2.24, 2.45) is 5.92 Å². The van der Waals surface area contributed by atoms with Crippen molar-refractivity contribution >= 4 is 75.1 Å². The van der Waals surface area contributed by atoms with E-state index in [2.05, 4.69) is 30.0 Å². The first-order valence-electron chi connectivity index (χ1n) is 23.0. The molecule has 1 aromatic heterocycles. The van der Waals surface area contributed by atoms with Crippen molar-refractivity contribution in [3.63, 3.8) is 0 Å². The number of carbonyl (C=O) groups excluding carboxylic acids is 1. The van der Waals surface area contributed by atoms with Crippen molar-refractivity contribution in [3.8, 4) is 45.8 Å². The molecule has 0 saturated carbocycles. The molecule has 4 aromatic rings. The fraction of sp³-hybridized carbons (Fsp3) is 0.298. The van der Waals surface area contributed by atoms with E-state index >= 15 is 0 Å². The molecule has 3 unspecified atom stereocenters. The maximum absolute atomic E-state index is 13.8. The molecule has 426 valence electrons. The maximum Gasteiger partial charge on any atom is 0.490 e. The summed E-state index contributed by atoms with van der Waals surface area (Å²) in [5.74, 6) is 2.09. The molecule has 0 amide bonds. The van der Waals surface area contributed by atoms with Crippen LogP contribution in [0.1, 0.15) is 88.4 Å². The van der Waals surface area contributed by atoms with Crippen LogP contribution in [-0.4, -0.2) is 92.2 Å². The number of nitro groups is 1. The van der Waals surface area contributed by atoms with Gasteiger partial charge in [-0.15, -0.1) is 0 Å². The second-order valence-corrected chi connectivity index (χ2v) is 22.9. The number of fused-ring (bicyclic) bond motifs is 2. The minimum atomic E-state index is -5.86. The van der Waals surface area contributed by atoms with Crippen molar-refractivity contribution in [2.75, 3.05) is 13.7 Å². The van der Waals surface area contributed by atoms with Crippen LogP contribution in [0, 0.1) is 27.9 Å². The topological polar surface area (TPSA) is 431 Å². The van der Waals surface area contributed by atoms with Crippen LogP contribution in [0.2, 0.25) is 10.0 Å². The van der Waals surface area contributed by atoms with Crippen LogP contribution in [0.25, 0.3) is 33.4 Å². The van der Waals surface area contributed by atoms with Crippen LogP contribution in [0.15, 0.2) is 73.5 Å². The third kappa shape index (κ3) is 13.6. The van der Waals surface area contributed by atoms with Gasteiger partial charge in [-0.05, 0) is 47.9 Å². The minimum Gasteiger partial charge on any atom is -0.506 e. The summed E-state index contributed by atoms with van der Waals surface area (Å²) in [6.45, 7) is 1.02. The number of H-pyrrole nitrogens is 1. The number of benzene rings is 4. The van der Waals surface area contributed by atoms with E-state index in [0.29, 0.717) is 0 Å². The Morgan fingerprint density at radius 1 is 0.975 bits per heavy atom. The highest BCUT2D eigenvalue weighted by Crippen LogP contribution is 2.66. The Hall–Kier alpha value is -6.44. The lowest BCUT2D eigenvalue weighted by molar-refractivity contribution is -0.386. The van der Waals surface area contributed by atoms with Crippen molar-refractivity contribution in [1.29, 1.82) is 0 Å². The standard InChI is InChI=1S/C47H44Cl2N3O25P3/c1-21(2)42(72-19-25-17-51(47(61)50-45(25)58)36-16-33(55)35(74-36)20-73-79(67,68)77-80(69,70)76-78(64,65)66)27-10-8-22(12-31(27)52(62)63)6-4-5-7-32(54)23-9-11-26(46(59)60)28(13-23)37-29-14-24(18-53)40(56)38(48)43(29)75-44-30(37)15-34(71-3)41(57)39(44)49/h8-15,17,21,33,35-36,42,53,55-56H,5,7,16,18-20H2,1-3H3,(H,59,60)(H,67,68)(H,69,70)(H,50,58,61)(H2,64,65,66)/t33?,35-,36-,42+/m1/s1. The number of carboxylic acids is 1. The lowest BCUT2D eigenvalue weighted by Crippen LogP contribution is -2.34. The molecular weight excluding hydrogens is 1170 g/mol. The first-order valence-corrected chi connectivity index (χ1v) is 28.3. The summed E-state index contributed by atoms with van der Waals surface area (Å²) in [6.07, 6.45) is -5.24. The highest BCUT2D eigenvalue weighted by atomic mass is 35.5. The van der Waals surface area contributed by atoms with Crippen LogP contribution < -0.4 is 21.4 Å². The van der Waals surface area contributed by atoms with Crippen LogP contribution >= 0.6 is 46.7 Å². The Labute approximate surface area is 458 Å². The number of methoxy groups -OCH3 is 1. The molecule has 1 saturated heterocycles. The summed E-state index contributed by atoms with van der Waals surface area (Å²) < 4.78 is 70.2. The first-order chi connectivity index (χ1) is 37.4. The van der Waals surface area contributed by atoms with E-state index in [0.717, 1.165) is 10.8 Å². The zero-order valence-corrected chi connectivity index (χ0v) is 45.5. The number of rotatable bonds is 21. The average molecular weight is 1210 g/mol. The van der Waals surface area contributed by atoms with Crippen LogP contribution in [0.4, 0.5) is 5.69 Å². The number of aromatic nitrogens is 2. The predicted octanol–water partition coefficient (Wildman–Crippen LogP) is 6.45. The number of hydrogen-bond acceptors (Lipinski definition) is 20. The molecule has 6 atom stereocenters. The van der Waals surface area contributed by atoms with Gasteiger partial charge in [-0.25, -0.2) is 23.3 Å². The number of phosphoric acid groups is 3. The number of carbonyl (C=O) groups is 2. The van der Waals surface area contributed by atoms with Gasteiger partial charge in [0.05, 0.1) is 60.8 Å². The molecule has 9 N–H and O–H groups in total. The van der Waals surface area contributed by atoms with Gasteiger partial charge in [-0.2, -0.15) is 8.62 Å². The molecule has 0 radical (unpaired) electrons. The average Bonchev–Trinajstić information content (AvgIpc) is 3.74. The smallest absolute Gasteiger partial charge is 0.490 e. The van der Waals surface area contributed by atoms with Gasteiger partial charge in [-0.1, -0.05) is 55.0 Å². The van der Waals surface area contributed by atoms with E-state index in [9.17, 15) is 78.0 Å². The van der Waals surface area contributed by atoms with Gasteiger partial charge >= 0.3 is 35.1 Å². The number of nitrogens with zero attached hydrogens (tertiary/aromatic N) is 2. The van der Waals surface area contributed by atoms with Crippen molar-refractivity contribution in [2.45, 2.75) is 70.9 Å². The predicted molar refractivity (Wildman–Crippen MR) is 277 cm³/mol. The van der Waals surface area contributed by atoms with Crippen molar-refractivity contribution in [1.82, 2.24) is 9.55 Å². The number of ether oxygens (including phenoxy) is 3. The number of phenols is 1. The number of aromatic hydroxyl groups is 1. The zero-order chi connectivity index (χ0) is 58.9. The molecule has 80 heavy (non-hydrogen) atoms. The number of aliphatic hydroxyl groups excluding tert-OH is 2. The molecule has 1 aliphatic carbocycles. The highest BCUT2D eigenvalue weighted by Gasteiger charge is 2.43. The summed E-state index contributed by atoms with van der Waals surface area (Å²) in [5.41, 5.74) is -3.80. The van der Waals surface area contributed by atoms with Crippen molar-refractivity contribution in [3.05, 3.63) is 139 Å². The normalized spacial score (nSPS) is 17.4. The van der Waals surface area contributed by atoms with E-state index in [1.54, 1.807) is 13.8 Å². The highest BCUT2D eigenvalue weighted by molar-refractivity contribution is 7.66. The molecule has 1 fully saturated rings. The van der Waals surface area contributed by atoms with E-state index in [1.165, 1.54) is 55.6 Å². The van der Waals surface area contributed by atoms with Gasteiger partial charge in [0.1, 0.15) is 28.1 Å². The monoisotopic (exact) mass is 1210 g/mol. The van der Waals surface area contributed by atoms with Gasteiger partial charge in [0.25, 0.3) is 11.2 Å². The second kappa shape index (κ2) is 24.3. The van der Waals surface area contributed by atoms with Gasteiger partial charge in [-0.3, -0.25) is 38.6 Å². The summed E-state index contributed by atoms with van der Waals surface area (Å²) >= 11 is 13.0. The van der Waals surface area contributed by atoms with Crippen LogP contribution in [0.3, 0.4) is 0 Å². The molecule has 0 bridgehead atoms. The molecule has 3 aliphatic rings. The number of aromatic carboxylic acids is 1. The van der Waals surface area contributed by atoms with Gasteiger partial charge in [0, 0.05) is 64.7 Å². The molecular formula is C47H44Cl2N3O25P3. The zero-order valence-electron chi connectivity index (χ0n) is 41.3. The molecule has 3 heterocycles. The van der Waals surface area contributed by atoms with Crippen LogP contribution in [-0.2, 0) is 49.5 Å². The summed E-state index contributed by atoms with van der Waals surface area (Å²) in [5, 5.41) is 53.4. The number of aromatic amines is 1. The Bertz CT molecular complexity index is 3850. The minimum absolute atomic E-state index is 0.00750. The number of phosphoric ester groups is 1. The number of nitrogens with one attached hydrogen (secondary N) is 1. The number of ketones is 1. The van der Waals surface area contributed by atoms with Gasteiger partial charge in [0.2, 0.25) is 5.43 Å². The Morgan fingerprint density at radius 2 is 1.69 bits per heavy atom. The van der Waals surface area contributed by atoms with E-state index in [1.807, 2.05) is 0 Å². The van der Waals surface area contributed by atoms with Gasteiger partial charge < -0.3 is 58.6 Å². The molecule has 28 nitrogen and oxygen atoms in total. The fourth-order valence-electron chi connectivity index (χ4n) is 8.43. The Kier molecular flexibility index (Phi) is 18.6. The Balaban J connectivity index is 1.08.